The van der Waals surface area contributed by atoms with E-state index in [1.807, 2.05) is 52.1 Å². The molecule has 18 heavy (non-hydrogen) atoms. The number of aromatic nitrogens is 1. The quantitative estimate of drug-likeness (QED) is 0.901. The Morgan fingerprint density at radius 2 is 1.89 bits per heavy atom. The van der Waals surface area contributed by atoms with Gasteiger partial charge in [-0.15, -0.1) is 0 Å². The van der Waals surface area contributed by atoms with Crippen molar-refractivity contribution in [2.24, 2.45) is 13.0 Å². The summed E-state index contributed by atoms with van der Waals surface area (Å²) in [5, 5.41) is 10.5. The topological polar surface area (TPSA) is 42.2 Å². The highest BCUT2D eigenvalue weighted by molar-refractivity contribution is 5.91. The first-order valence-electron chi connectivity index (χ1n) is 6.21. The molecular weight excluding hydrogens is 226 g/mol. The predicted molar refractivity (Wildman–Crippen MR) is 72.9 cm³/mol. The molecule has 0 fully saturated rings. The van der Waals surface area contributed by atoms with Crippen LogP contribution >= 0.6 is 0 Å². The maximum atomic E-state index is 11.5. The van der Waals surface area contributed by atoms with E-state index < -0.39 is 11.9 Å². The van der Waals surface area contributed by atoms with E-state index in [2.05, 4.69) is 4.57 Å². The van der Waals surface area contributed by atoms with Crippen LogP contribution in [0.5, 0.6) is 0 Å². The SMILES string of the molecule is Cc1c(C(C(=O)O)C(C)C)c2ccccc2n1C. The fraction of sp³-hybridized carbons (Fsp3) is 0.400. The average molecular weight is 245 g/mol. The van der Waals surface area contributed by atoms with Crippen molar-refractivity contribution in [1.82, 2.24) is 4.57 Å². The second-order valence-corrected chi connectivity index (χ2v) is 5.14. The molecule has 3 nitrogen and oxygen atoms in total. The van der Waals surface area contributed by atoms with E-state index in [-0.39, 0.29) is 5.92 Å². The maximum Gasteiger partial charge on any atom is 0.311 e. The Hall–Kier alpha value is -1.77. The number of benzene rings is 1. The number of para-hydroxylation sites is 1. The predicted octanol–water partition coefficient (Wildman–Crippen LogP) is 3.31. The Balaban J connectivity index is 2.77. The van der Waals surface area contributed by atoms with Gasteiger partial charge in [0.25, 0.3) is 0 Å². The Kier molecular flexibility index (Phi) is 3.16. The van der Waals surface area contributed by atoms with Crippen molar-refractivity contribution in [2.45, 2.75) is 26.7 Å². The number of carboxylic acids is 1. The summed E-state index contributed by atoms with van der Waals surface area (Å²) in [6, 6.07) is 7.99. The molecule has 2 aromatic rings. The molecule has 2 rings (SSSR count). The summed E-state index contributed by atoms with van der Waals surface area (Å²) in [4.78, 5) is 11.5. The van der Waals surface area contributed by atoms with Gasteiger partial charge in [0.1, 0.15) is 0 Å². The van der Waals surface area contributed by atoms with Crippen molar-refractivity contribution in [3.63, 3.8) is 0 Å². The van der Waals surface area contributed by atoms with Gasteiger partial charge < -0.3 is 9.67 Å². The Morgan fingerprint density at radius 3 is 2.44 bits per heavy atom. The molecule has 0 spiro atoms. The third-order valence-corrected chi connectivity index (χ3v) is 3.69. The number of hydrogen-bond acceptors (Lipinski definition) is 1. The lowest BCUT2D eigenvalue weighted by molar-refractivity contribution is -0.139. The molecule has 0 saturated carbocycles. The molecular formula is C15H19NO2. The third-order valence-electron chi connectivity index (χ3n) is 3.69. The molecule has 1 aromatic carbocycles. The first-order chi connectivity index (χ1) is 8.45. The third kappa shape index (κ3) is 1.80. The van der Waals surface area contributed by atoms with Crippen LogP contribution in [0.3, 0.4) is 0 Å². The van der Waals surface area contributed by atoms with E-state index in [1.54, 1.807) is 0 Å². The summed E-state index contributed by atoms with van der Waals surface area (Å²) in [6.07, 6.45) is 0. The summed E-state index contributed by atoms with van der Waals surface area (Å²) in [6.45, 7) is 5.91. The van der Waals surface area contributed by atoms with Gasteiger partial charge in [-0.25, -0.2) is 0 Å². The normalized spacial score (nSPS) is 13.2. The first-order valence-corrected chi connectivity index (χ1v) is 6.21. The highest BCUT2D eigenvalue weighted by Crippen LogP contribution is 2.35. The number of aliphatic carboxylic acids is 1. The largest absolute Gasteiger partial charge is 0.481 e. The summed E-state index contributed by atoms with van der Waals surface area (Å²) in [7, 11) is 1.99. The number of aryl methyl sites for hydroxylation is 1. The number of nitrogens with zero attached hydrogens (tertiary/aromatic N) is 1. The fourth-order valence-electron chi connectivity index (χ4n) is 2.68. The Labute approximate surface area is 107 Å². The van der Waals surface area contributed by atoms with Crippen LogP contribution in [0.25, 0.3) is 10.9 Å². The zero-order chi connectivity index (χ0) is 13.4. The molecule has 0 aliphatic rings. The van der Waals surface area contributed by atoms with Crippen LogP contribution in [0.15, 0.2) is 24.3 Å². The standard InChI is InChI=1S/C15H19NO2/c1-9(2)13(15(17)18)14-10(3)16(4)12-8-6-5-7-11(12)14/h5-9,13H,1-4H3,(H,17,18). The second-order valence-electron chi connectivity index (χ2n) is 5.14. The number of fused-ring (bicyclic) bond motifs is 1. The lowest BCUT2D eigenvalue weighted by atomic mass is 9.87. The summed E-state index contributed by atoms with van der Waals surface area (Å²) in [5.41, 5.74) is 3.09. The smallest absolute Gasteiger partial charge is 0.311 e. The van der Waals surface area contributed by atoms with Crippen LogP contribution in [0.1, 0.15) is 31.0 Å². The van der Waals surface area contributed by atoms with E-state index in [1.165, 1.54) is 0 Å². The van der Waals surface area contributed by atoms with Crippen LogP contribution in [0.4, 0.5) is 0 Å². The van der Waals surface area contributed by atoms with Crippen molar-refractivity contribution >= 4 is 16.9 Å². The number of carboxylic acid groups (broad SMARTS) is 1. The lowest BCUT2D eigenvalue weighted by Gasteiger charge is -2.17. The van der Waals surface area contributed by atoms with Gasteiger partial charge in [0.2, 0.25) is 0 Å². The monoisotopic (exact) mass is 245 g/mol. The first kappa shape index (κ1) is 12.7. The van der Waals surface area contributed by atoms with Crippen LogP contribution in [0.2, 0.25) is 0 Å². The molecule has 0 bridgehead atoms. The van der Waals surface area contributed by atoms with Gasteiger partial charge in [0.05, 0.1) is 5.92 Å². The van der Waals surface area contributed by atoms with E-state index in [0.29, 0.717) is 0 Å². The van der Waals surface area contributed by atoms with Gasteiger partial charge in [-0.05, 0) is 24.5 Å². The molecule has 0 aliphatic heterocycles. The van der Waals surface area contributed by atoms with E-state index in [4.69, 9.17) is 0 Å². The molecule has 1 N–H and O–H groups in total. The molecule has 1 atom stereocenters. The highest BCUT2D eigenvalue weighted by Gasteiger charge is 2.29. The summed E-state index contributed by atoms with van der Waals surface area (Å²) < 4.78 is 2.07. The number of rotatable bonds is 3. The van der Waals surface area contributed by atoms with Gasteiger partial charge >= 0.3 is 5.97 Å². The van der Waals surface area contributed by atoms with Crippen molar-refractivity contribution < 1.29 is 9.90 Å². The molecule has 1 unspecified atom stereocenters. The van der Waals surface area contributed by atoms with Crippen LogP contribution < -0.4 is 0 Å². The summed E-state index contributed by atoms with van der Waals surface area (Å²) in [5.74, 6) is -1.12. The van der Waals surface area contributed by atoms with Gasteiger partial charge in [-0.1, -0.05) is 32.0 Å². The van der Waals surface area contributed by atoms with Crippen molar-refractivity contribution in [2.75, 3.05) is 0 Å². The highest BCUT2D eigenvalue weighted by atomic mass is 16.4. The number of hydrogen-bond donors (Lipinski definition) is 1. The van der Waals surface area contributed by atoms with Crippen LogP contribution in [-0.2, 0) is 11.8 Å². The zero-order valence-electron chi connectivity index (χ0n) is 11.3. The fourth-order valence-corrected chi connectivity index (χ4v) is 2.68. The van der Waals surface area contributed by atoms with Crippen molar-refractivity contribution in [3.8, 4) is 0 Å². The molecule has 1 heterocycles. The summed E-state index contributed by atoms with van der Waals surface area (Å²) >= 11 is 0. The lowest BCUT2D eigenvalue weighted by Crippen LogP contribution is -2.18. The van der Waals surface area contributed by atoms with E-state index in [9.17, 15) is 9.90 Å². The minimum Gasteiger partial charge on any atom is -0.481 e. The van der Waals surface area contributed by atoms with E-state index >= 15 is 0 Å². The van der Waals surface area contributed by atoms with Crippen molar-refractivity contribution in [3.05, 3.63) is 35.5 Å². The molecule has 0 aliphatic carbocycles. The maximum absolute atomic E-state index is 11.5. The number of carbonyl (C=O) groups is 1. The van der Waals surface area contributed by atoms with E-state index in [0.717, 1.165) is 22.2 Å². The molecule has 0 saturated heterocycles. The molecule has 96 valence electrons. The molecule has 3 heteroatoms. The zero-order valence-corrected chi connectivity index (χ0v) is 11.3. The van der Waals surface area contributed by atoms with Crippen molar-refractivity contribution in [1.29, 1.82) is 0 Å². The molecule has 1 aromatic heterocycles. The Bertz CT molecular complexity index is 596. The van der Waals surface area contributed by atoms with Gasteiger partial charge in [-0.2, -0.15) is 0 Å². The van der Waals surface area contributed by atoms with Gasteiger partial charge in [0, 0.05) is 23.6 Å². The van der Waals surface area contributed by atoms with Gasteiger partial charge in [0.15, 0.2) is 0 Å². The molecule has 0 amide bonds. The second kappa shape index (κ2) is 4.48. The van der Waals surface area contributed by atoms with Crippen LogP contribution in [-0.4, -0.2) is 15.6 Å². The molecule has 0 radical (unpaired) electrons. The minimum absolute atomic E-state index is 0.0759. The Morgan fingerprint density at radius 1 is 1.28 bits per heavy atom. The minimum atomic E-state index is -0.746. The van der Waals surface area contributed by atoms with Gasteiger partial charge in [-0.3, -0.25) is 4.79 Å². The average Bonchev–Trinajstić information content (AvgIpc) is 2.55. The van der Waals surface area contributed by atoms with Crippen LogP contribution in [0, 0.1) is 12.8 Å².